The normalized spacial score (nSPS) is 16.4. The number of Topliss-reactive ketones (excluding diaryl/α,β-unsaturated/α-hetero) is 1. The summed E-state index contributed by atoms with van der Waals surface area (Å²) in [5.41, 5.74) is 0.450. The summed E-state index contributed by atoms with van der Waals surface area (Å²) in [7, 11) is 0. The molecule has 0 aromatic heterocycles. The molecule has 1 aromatic carbocycles. The van der Waals surface area contributed by atoms with Gasteiger partial charge in [0.2, 0.25) is 0 Å². The van der Waals surface area contributed by atoms with Gasteiger partial charge in [-0.15, -0.1) is 0 Å². The van der Waals surface area contributed by atoms with Crippen LogP contribution in [0, 0.1) is 11.7 Å². The summed E-state index contributed by atoms with van der Waals surface area (Å²) >= 11 is 5.86. The third-order valence-electron chi connectivity index (χ3n) is 3.49. The number of ketones is 1. The van der Waals surface area contributed by atoms with E-state index < -0.39 is 5.82 Å². The van der Waals surface area contributed by atoms with E-state index in [-0.39, 0.29) is 10.8 Å². The van der Waals surface area contributed by atoms with E-state index in [1.165, 1.54) is 43.9 Å². The average Bonchev–Trinajstić information content (AvgIpc) is 2.78. The molecule has 0 heterocycles. The summed E-state index contributed by atoms with van der Waals surface area (Å²) in [6.45, 7) is 0. The lowest BCUT2D eigenvalue weighted by molar-refractivity contribution is 0.0974. The molecule has 0 aliphatic heterocycles. The van der Waals surface area contributed by atoms with Gasteiger partial charge in [-0.25, -0.2) is 4.39 Å². The van der Waals surface area contributed by atoms with Crippen molar-refractivity contribution in [1.29, 1.82) is 0 Å². The lowest BCUT2D eigenvalue weighted by Crippen LogP contribution is -2.04. The van der Waals surface area contributed by atoms with Crippen LogP contribution in [0.5, 0.6) is 0 Å². The minimum absolute atomic E-state index is 0.0295. The first-order valence-corrected chi connectivity index (χ1v) is 6.53. The van der Waals surface area contributed by atoms with Crippen LogP contribution < -0.4 is 0 Å². The zero-order chi connectivity index (χ0) is 12.3. The molecule has 0 bridgehead atoms. The monoisotopic (exact) mass is 254 g/mol. The molecule has 0 unspecified atom stereocenters. The van der Waals surface area contributed by atoms with Crippen LogP contribution in [0.2, 0.25) is 5.02 Å². The van der Waals surface area contributed by atoms with Crippen LogP contribution in [0.15, 0.2) is 18.2 Å². The number of halogens is 2. The van der Waals surface area contributed by atoms with Crippen LogP contribution in [0.25, 0.3) is 0 Å². The van der Waals surface area contributed by atoms with E-state index in [0.29, 0.717) is 17.9 Å². The zero-order valence-corrected chi connectivity index (χ0v) is 10.5. The molecule has 1 saturated carbocycles. The first-order valence-electron chi connectivity index (χ1n) is 6.15. The smallest absolute Gasteiger partial charge is 0.164 e. The number of hydrogen-bond donors (Lipinski definition) is 0. The largest absolute Gasteiger partial charge is 0.294 e. The maximum absolute atomic E-state index is 12.8. The average molecular weight is 255 g/mol. The maximum atomic E-state index is 12.8. The SMILES string of the molecule is O=C(CCC1CCCC1)c1ccc(F)cc1Cl. The molecule has 0 atom stereocenters. The molecular formula is C14H16ClFO. The molecule has 0 amide bonds. The highest BCUT2D eigenvalue weighted by Gasteiger charge is 2.17. The second kappa shape index (κ2) is 5.63. The van der Waals surface area contributed by atoms with Crippen molar-refractivity contribution < 1.29 is 9.18 Å². The predicted molar refractivity (Wildman–Crippen MR) is 66.9 cm³/mol. The Morgan fingerprint density at radius 2 is 2.06 bits per heavy atom. The second-order valence-electron chi connectivity index (χ2n) is 4.74. The van der Waals surface area contributed by atoms with Gasteiger partial charge >= 0.3 is 0 Å². The molecule has 2 rings (SSSR count). The highest BCUT2D eigenvalue weighted by molar-refractivity contribution is 6.33. The van der Waals surface area contributed by atoms with Gasteiger partial charge in [-0.2, -0.15) is 0 Å². The van der Waals surface area contributed by atoms with Gasteiger partial charge < -0.3 is 0 Å². The summed E-state index contributed by atoms with van der Waals surface area (Å²) < 4.78 is 12.8. The molecule has 1 aliphatic carbocycles. The number of carbonyl (C=O) groups is 1. The molecular weight excluding hydrogens is 239 g/mol. The summed E-state index contributed by atoms with van der Waals surface area (Å²) in [5, 5.41) is 0.224. The molecule has 0 radical (unpaired) electrons. The fourth-order valence-electron chi connectivity index (χ4n) is 2.48. The third kappa shape index (κ3) is 3.29. The first-order chi connectivity index (χ1) is 8.16. The van der Waals surface area contributed by atoms with E-state index in [0.717, 1.165) is 6.42 Å². The molecule has 17 heavy (non-hydrogen) atoms. The second-order valence-corrected chi connectivity index (χ2v) is 5.14. The van der Waals surface area contributed by atoms with Crippen molar-refractivity contribution in [3.8, 4) is 0 Å². The Morgan fingerprint density at radius 1 is 1.35 bits per heavy atom. The molecule has 0 saturated heterocycles. The van der Waals surface area contributed by atoms with Gasteiger partial charge in [-0.05, 0) is 30.5 Å². The van der Waals surface area contributed by atoms with E-state index in [1.54, 1.807) is 0 Å². The van der Waals surface area contributed by atoms with Crippen molar-refractivity contribution in [2.75, 3.05) is 0 Å². The van der Waals surface area contributed by atoms with Gasteiger partial charge in [0.25, 0.3) is 0 Å². The Kier molecular flexibility index (Phi) is 4.16. The van der Waals surface area contributed by atoms with E-state index in [2.05, 4.69) is 0 Å². The Hall–Kier alpha value is -0.890. The Bertz CT molecular complexity index is 411. The van der Waals surface area contributed by atoms with Crippen molar-refractivity contribution in [3.05, 3.63) is 34.6 Å². The van der Waals surface area contributed by atoms with Crippen LogP contribution in [-0.4, -0.2) is 5.78 Å². The number of rotatable bonds is 4. The fourth-order valence-corrected chi connectivity index (χ4v) is 2.76. The standard InChI is InChI=1S/C14H16ClFO/c15-13-9-11(16)6-7-12(13)14(17)8-5-10-3-1-2-4-10/h6-7,9-10H,1-5,8H2. The third-order valence-corrected chi connectivity index (χ3v) is 3.80. The van der Waals surface area contributed by atoms with Crippen LogP contribution in [-0.2, 0) is 0 Å². The van der Waals surface area contributed by atoms with E-state index in [1.807, 2.05) is 0 Å². The van der Waals surface area contributed by atoms with Gasteiger partial charge in [0.1, 0.15) is 5.82 Å². The molecule has 3 heteroatoms. The van der Waals surface area contributed by atoms with Crippen molar-refractivity contribution >= 4 is 17.4 Å². The van der Waals surface area contributed by atoms with Gasteiger partial charge in [-0.3, -0.25) is 4.79 Å². The minimum Gasteiger partial charge on any atom is -0.294 e. The van der Waals surface area contributed by atoms with Crippen LogP contribution in [0.3, 0.4) is 0 Å². The lowest BCUT2D eigenvalue weighted by atomic mass is 9.97. The molecule has 0 N–H and O–H groups in total. The summed E-state index contributed by atoms with van der Waals surface area (Å²) in [6.07, 6.45) is 6.52. The summed E-state index contributed by atoms with van der Waals surface area (Å²) in [6, 6.07) is 3.97. The van der Waals surface area contributed by atoms with Crippen molar-refractivity contribution in [2.24, 2.45) is 5.92 Å². The fraction of sp³-hybridized carbons (Fsp3) is 0.500. The van der Waals surface area contributed by atoms with Crippen LogP contribution in [0.1, 0.15) is 48.9 Å². The van der Waals surface area contributed by atoms with E-state index in [9.17, 15) is 9.18 Å². The zero-order valence-electron chi connectivity index (χ0n) is 9.72. The molecule has 92 valence electrons. The lowest BCUT2D eigenvalue weighted by Gasteiger charge is -2.08. The summed E-state index contributed by atoms with van der Waals surface area (Å²) in [4.78, 5) is 11.9. The Labute approximate surface area is 106 Å². The van der Waals surface area contributed by atoms with Crippen LogP contribution >= 0.6 is 11.6 Å². The van der Waals surface area contributed by atoms with E-state index >= 15 is 0 Å². The van der Waals surface area contributed by atoms with E-state index in [4.69, 9.17) is 11.6 Å². The molecule has 1 aliphatic rings. The van der Waals surface area contributed by atoms with Crippen LogP contribution in [0.4, 0.5) is 4.39 Å². The number of benzene rings is 1. The minimum atomic E-state index is -0.401. The Balaban J connectivity index is 1.94. The predicted octanol–water partition coefficient (Wildman–Crippen LogP) is 4.63. The number of carbonyl (C=O) groups excluding carboxylic acids is 1. The Morgan fingerprint density at radius 3 is 2.71 bits per heavy atom. The highest BCUT2D eigenvalue weighted by Crippen LogP contribution is 2.29. The number of hydrogen-bond acceptors (Lipinski definition) is 1. The molecule has 1 nitrogen and oxygen atoms in total. The van der Waals surface area contributed by atoms with Gasteiger partial charge in [0, 0.05) is 12.0 Å². The molecule has 0 spiro atoms. The maximum Gasteiger partial charge on any atom is 0.164 e. The van der Waals surface area contributed by atoms with Crippen molar-refractivity contribution in [1.82, 2.24) is 0 Å². The van der Waals surface area contributed by atoms with Crippen molar-refractivity contribution in [3.63, 3.8) is 0 Å². The summed E-state index contributed by atoms with van der Waals surface area (Å²) in [5.74, 6) is 0.322. The van der Waals surface area contributed by atoms with Gasteiger partial charge in [0.05, 0.1) is 5.02 Å². The molecule has 1 aromatic rings. The van der Waals surface area contributed by atoms with Gasteiger partial charge in [0.15, 0.2) is 5.78 Å². The topological polar surface area (TPSA) is 17.1 Å². The highest BCUT2D eigenvalue weighted by atomic mass is 35.5. The van der Waals surface area contributed by atoms with Crippen molar-refractivity contribution in [2.45, 2.75) is 38.5 Å². The molecule has 1 fully saturated rings. The van der Waals surface area contributed by atoms with Gasteiger partial charge in [-0.1, -0.05) is 37.3 Å². The first kappa shape index (κ1) is 12.6. The quantitative estimate of drug-likeness (QED) is 0.716.